The number of nitrogens with zero attached hydrogens (tertiary/aromatic N) is 1. The zero-order valence-corrected chi connectivity index (χ0v) is 18.9. The first-order valence-corrected chi connectivity index (χ1v) is 12.1. The molecule has 0 rings (SSSR count). The van der Waals surface area contributed by atoms with Crippen molar-refractivity contribution in [2.45, 2.75) is 124 Å². The first-order valence-electron chi connectivity index (χ1n) is 12.1. The molecule has 0 saturated carbocycles. The topological polar surface area (TPSA) is 29.5 Å². The largest absolute Gasteiger partial charge is 0.464 e. The van der Waals surface area contributed by atoms with Crippen molar-refractivity contribution in [3.8, 4) is 0 Å². The van der Waals surface area contributed by atoms with E-state index >= 15 is 0 Å². The Labute approximate surface area is 170 Å². The molecule has 0 aliphatic heterocycles. The molecule has 0 aliphatic rings. The molecule has 0 bridgehead atoms. The van der Waals surface area contributed by atoms with E-state index in [0.717, 1.165) is 26.1 Å². The Kier molecular flexibility index (Phi) is 21.3. The first kappa shape index (κ1) is 26.4. The van der Waals surface area contributed by atoms with Crippen molar-refractivity contribution in [2.24, 2.45) is 0 Å². The molecule has 0 aromatic rings. The molecular formula is C24H49NO2. The van der Waals surface area contributed by atoms with E-state index in [1.807, 2.05) is 0 Å². The normalized spacial score (nSPS) is 11.3. The molecule has 0 fully saturated rings. The van der Waals surface area contributed by atoms with E-state index in [4.69, 9.17) is 4.74 Å². The van der Waals surface area contributed by atoms with Crippen LogP contribution in [0, 0.1) is 0 Å². The van der Waals surface area contributed by atoms with E-state index in [0.29, 0.717) is 13.0 Å². The molecule has 162 valence electrons. The lowest BCUT2D eigenvalue weighted by molar-refractivity contribution is -0.144. The fourth-order valence-electron chi connectivity index (χ4n) is 3.54. The lowest BCUT2D eigenvalue weighted by Gasteiger charge is -2.17. The third-order valence-corrected chi connectivity index (χ3v) is 5.55. The second-order valence-corrected chi connectivity index (χ2v) is 7.95. The summed E-state index contributed by atoms with van der Waals surface area (Å²) in [5.74, 6) is -0.0168. The van der Waals surface area contributed by atoms with Crippen LogP contribution < -0.4 is 0 Å². The Hall–Kier alpha value is -0.570. The Morgan fingerprint density at radius 3 is 1.44 bits per heavy atom. The van der Waals surface area contributed by atoms with Gasteiger partial charge in [0.15, 0.2) is 0 Å². The minimum absolute atomic E-state index is 0.0168. The highest BCUT2D eigenvalue weighted by Crippen LogP contribution is 2.13. The molecule has 0 unspecified atom stereocenters. The number of hydrogen-bond donors (Lipinski definition) is 0. The summed E-state index contributed by atoms with van der Waals surface area (Å²) in [5, 5.41) is 0. The van der Waals surface area contributed by atoms with Gasteiger partial charge in [0.05, 0.1) is 0 Å². The van der Waals surface area contributed by atoms with Crippen molar-refractivity contribution < 1.29 is 9.53 Å². The van der Waals surface area contributed by atoms with Crippen molar-refractivity contribution in [1.29, 1.82) is 0 Å². The van der Waals surface area contributed by atoms with Gasteiger partial charge in [0.25, 0.3) is 0 Å². The van der Waals surface area contributed by atoms with Crippen molar-refractivity contribution in [3.05, 3.63) is 0 Å². The SMILES string of the molecule is CCCCCCCCCCCCCCCCCC(=O)OCCN(CC)CC. The Balaban J connectivity index is 3.19. The minimum atomic E-state index is -0.0168. The molecule has 0 heterocycles. The van der Waals surface area contributed by atoms with Crippen LogP contribution in [0.3, 0.4) is 0 Å². The van der Waals surface area contributed by atoms with E-state index in [1.165, 1.54) is 89.9 Å². The maximum Gasteiger partial charge on any atom is 0.305 e. The highest BCUT2D eigenvalue weighted by Gasteiger charge is 2.04. The van der Waals surface area contributed by atoms with E-state index in [9.17, 15) is 4.79 Å². The second-order valence-electron chi connectivity index (χ2n) is 7.95. The molecule has 0 spiro atoms. The molecule has 0 amide bonds. The average Bonchev–Trinajstić information content (AvgIpc) is 2.68. The summed E-state index contributed by atoms with van der Waals surface area (Å²) in [4.78, 5) is 14.0. The molecule has 0 aliphatic carbocycles. The molecule has 3 heteroatoms. The van der Waals surface area contributed by atoms with Gasteiger partial charge in [-0.2, -0.15) is 0 Å². The summed E-state index contributed by atoms with van der Waals surface area (Å²) in [5.41, 5.74) is 0. The zero-order valence-electron chi connectivity index (χ0n) is 18.9. The van der Waals surface area contributed by atoms with E-state index < -0.39 is 0 Å². The van der Waals surface area contributed by atoms with Gasteiger partial charge in [0.2, 0.25) is 0 Å². The zero-order chi connectivity index (χ0) is 20.0. The fraction of sp³-hybridized carbons (Fsp3) is 0.958. The average molecular weight is 384 g/mol. The number of carbonyl (C=O) groups is 1. The predicted octanol–water partition coefficient (Wildman–Crippen LogP) is 7.13. The summed E-state index contributed by atoms with van der Waals surface area (Å²) >= 11 is 0. The van der Waals surface area contributed by atoms with Crippen LogP contribution in [-0.4, -0.2) is 37.1 Å². The van der Waals surface area contributed by atoms with Crippen LogP contribution in [0.15, 0.2) is 0 Å². The van der Waals surface area contributed by atoms with Crippen LogP contribution in [0.1, 0.15) is 124 Å². The second kappa shape index (κ2) is 21.7. The smallest absolute Gasteiger partial charge is 0.305 e. The van der Waals surface area contributed by atoms with Crippen molar-refractivity contribution in [1.82, 2.24) is 4.90 Å². The number of hydrogen-bond acceptors (Lipinski definition) is 3. The number of esters is 1. The highest BCUT2D eigenvalue weighted by atomic mass is 16.5. The van der Waals surface area contributed by atoms with Gasteiger partial charge in [0, 0.05) is 13.0 Å². The fourth-order valence-corrected chi connectivity index (χ4v) is 3.54. The lowest BCUT2D eigenvalue weighted by Crippen LogP contribution is -2.27. The number of rotatable bonds is 21. The van der Waals surface area contributed by atoms with Crippen molar-refractivity contribution in [2.75, 3.05) is 26.2 Å². The first-order chi connectivity index (χ1) is 13.2. The van der Waals surface area contributed by atoms with Gasteiger partial charge in [-0.3, -0.25) is 4.79 Å². The molecule has 27 heavy (non-hydrogen) atoms. The van der Waals surface area contributed by atoms with E-state index in [1.54, 1.807) is 0 Å². The van der Waals surface area contributed by atoms with Crippen LogP contribution in [0.4, 0.5) is 0 Å². The molecule has 0 N–H and O–H groups in total. The molecule has 0 atom stereocenters. The van der Waals surface area contributed by atoms with Crippen LogP contribution in [-0.2, 0) is 9.53 Å². The molecule has 0 saturated heterocycles. The summed E-state index contributed by atoms with van der Waals surface area (Å²) in [6.07, 6.45) is 20.9. The lowest BCUT2D eigenvalue weighted by atomic mass is 10.0. The third-order valence-electron chi connectivity index (χ3n) is 5.55. The highest BCUT2D eigenvalue weighted by molar-refractivity contribution is 5.69. The molecular weight excluding hydrogens is 334 g/mol. The van der Waals surface area contributed by atoms with Crippen molar-refractivity contribution >= 4 is 5.97 Å². The quantitative estimate of drug-likeness (QED) is 0.156. The van der Waals surface area contributed by atoms with Gasteiger partial charge in [-0.15, -0.1) is 0 Å². The van der Waals surface area contributed by atoms with Crippen LogP contribution >= 0.6 is 0 Å². The van der Waals surface area contributed by atoms with Gasteiger partial charge in [-0.25, -0.2) is 0 Å². The Morgan fingerprint density at radius 1 is 0.630 bits per heavy atom. The number of unbranched alkanes of at least 4 members (excludes halogenated alkanes) is 14. The van der Waals surface area contributed by atoms with Gasteiger partial charge in [0.1, 0.15) is 6.61 Å². The third kappa shape index (κ3) is 20.0. The van der Waals surface area contributed by atoms with Crippen LogP contribution in [0.25, 0.3) is 0 Å². The molecule has 0 aromatic heterocycles. The van der Waals surface area contributed by atoms with Gasteiger partial charge < -0.3 is 9.64 Å². The minimum Gasteiger partial charge on any atom is -0.464 e. The maximum absolute atomic E-state index is 11.7. The summed E-state index contributed by atoms with van der Waals surface area (Å²) in [6, 6.07) is 0. The number of ether oxygens (including phenoxy) is 1. The van der Waals surface area contributed by atoms with Crippen molar-refractivity contribution in [3.63, 3.8) is 0 Å². The molecule has 0 aromatic carbocycles. The summed E-state index contributed by atoms with van der Waals surface area (Å²) in [7, 11) is 0. The Morgan fingerprint density at radius 2 is 1.04 bits per heavy atom. The summed E-state index contributed by atoms with van der Waals surface area (Å²) in [6.45, 7) is 10.0. The van der Waals surface area contributed by atoms with E-state index in [-0.39, 0.29) is 5.97 Å². The maximum atomic E-state index is 11.7. The Bertz CT molecular complexity index is 303. The van der Waals surface area contributed by atoms with Crippen LogP contribution in [0.2, 0.25) is 0 Å². The summed E-state index contributed by atoms with van der Waals surface area (Å²) < 4.78 is 5.31. The predicted molar refractivity (Wildman–Crippen MR) is 118 cm³/mol. The van der Waals surface area contributed by atoms with Gasteiger partial charge in [-0.05, 0) is 19.5 Å². The van der Waals surface area contributed by atoms with Gasteiger partial charge in [-0.1, -0.05) is 111 Å². The van der Waals surface area contributed by atoms with Gasteiger partial charge >= 0.3 is 5.97 Å². The van der Waals surface area contributed by atoms with E-state index in [2.05, 4.69) is 25.7 Å². The molecule has 0 radical (unpaired) electrons. The monoisotopic (exact) mass is 383 g/mol. The standard InChI is InChI=1S/C24H49NO2/c1-4-7-8-9-10-11-12-13-14-15-16-17-18-19-20-21-24(26)27-23-22-25(5-2)6-3/h4-23H2,1-3H3. The molecule has 3 nitrogen and oxygen atoms in total. The number of carbonyl (C=O) groups excluding carboxylic acids is 1. The number of likely N-dealkylation sites (N-methyl/N-ethyl adjacent to an activating group) is 1. The van der Waals surface area contributed by atoms with Crippen LogP contribution in [0.5, 0.6) is 0 Å².